The van der Waals surface area contributed by atoms with E-state index in [-0.39, 0.29) is 11.9 Å². The maximum absolute atomic E-state index is 12.8. The van der Waals surface area contributed by atoms with Crippen molar-refractivity contribution in [3.8, 4) is 5.75 Å². The van der Waals surface area contributed by atoms with Crippen LogP contribution in [0, 0.1) is 0 Å². The number of amides is 1. The van der Waals surface area contributed by atoms with Crippen molar-refractivity contribution in [1.29, 1.82) is 0 Å². The second kappa shape index (κ2) is 10.3. The van der Waals surface area contributed by atoms with Crippen molar-refractivity contribution in [3.63, 3.8) is 0 Å². The molecule has 3 aromatic carbocycles. The van der Waals surface area contributed by atoms with Gasteiger partial charge in [0.25, 0.3) is 5.91 Å². The summed E-state index contributed by atoms with van der Waals surface area (Å²) in [5, 5.41) is 3.11. The van der Waals surface area contributed by atoms with Gasteiger partial charge in [0, 0.05) is 38.3 Å². The van der Waals surface area contributed by atoms with E-state index in [1.165, 1.54) is 0 Å². The van der Waals surface area contributed by atoms with Gasteiger partial charge < -0.3 is 15.0 Å². The lowest BCUT2D eigenvalue weighted by Gasteiger charge is -2.36. The average molecular weight is 430 g/mol. The van der Waals surface area contributed by atoms with E-state index in [2.05, 4.69) is 33.3 Å². The number of nitrogens with one attached hydrogen (secondary N) is 1. The molecule has 4 rings (SSSR count). The van der Waals surface area contributed by atoms with Gasteiger partial charge in [-0.15, -0.1) is 0 Å². The zero-order valence-corrected chi connectivity index (χ0v) is 18.8. The molecular weight excluding hydrogens is 398 g/mol. The Labute approximate surface area is 190 Å². The van der Waals surface area contributed by atoms with E-state index < -0.39 is 0 Å². The summed E-state index contributed by atoms with van der Waals surface area (Å²) in [7, 11) is 1.72. The number of hydrogen-bond donors (Lipinski definition) is 1. The second-order valence-corrected chi connectivity index (χ2v) is 8.24. The van der Waals surface area contributed by atoms with Gasteiger partial charge in [-0.25, -0.2) is 0 Å². The topological polar surface area (TPSA) is 44.8 Å². The van der Waals surface area contributed by atoms with Gasteiger partial charge in [0.2, 0.25) is 0 Å². The van der Waals surface area contributed by atoms with Crippen LogP contribution in [0.25, 0.3) is 0 Å². The Morgan fingerprint density at radius 1 is 0.938 bits per heavy atom. The summed E-state index contributed by atoms with van der Waals surface area (Å²) >= 11 is 0. The first-order valence-electron chi connectivity index (χ1n) is 11.2. The monoisotopic (exact) mass is 429 g/mol. The first-order chi connectivity index (χ1) is 15.6. The van der Waals surface area contributed by atoms with Gasteiger partial charge in [0.1, 0.15) is 5.75 Å². The fourth-order valence-corrected chi connectivity index (χ4v) is 4.21. The third kappa shape index (κ3) is 5.29. The summed E-state index contributed by atoms with van der Waals surface area (Å²) in [6.45, 7) is 6.71. The zero-order valence-electron chi connectivity index (χ0n) is 18.8. The Balaban J connectivity index is 1.34. The van der Waals surface area contributed by atoms with Crippen molar-refractivity contribution in [1.82, 2.24) is 10.2 Å². The van der Waals surface area contributed by atoms with Gasteiger partial charge >= 0.3 is 0 Å². The Bertz CT molecular complexity index is 1030. The van der Waals surface area contributed by atoms with Crippen LogP contribution in [-0.4, -0.2) is 44.1 Å². The molecule has 0 aliphatic carbocycles. The highest BCUT2D eigenvalue weighted by Crippen LogP contribution is 2.28. The van der Waals surface area contributed by atoms with Crippen molar-refractivity contribution in [2.45, 2.75) is 19.5 Å². The Hall–Kier alpha value is -3.31. The molecule has 1 atom stereocenters. The summed E-state index contributed by atoms with van der Waals surface area (Å²) in [5.74, 6) is 0.883. The lowest BCUT2D eigenvalue weighted by atomic mass is 10.1. The highest BCUT2D eigenvalue weighted by molar-refractivity contribution is 5.94. The third-order valence-corrected chi connectivity index (χ3v) is 6.04. The minimum Gasteiger partial charge on any atom is -0.495 e. The minimum absolute atomic E-state index is 0.0320. The van der Waals surface area contributed by atoms with Crippen LogP contribution in [0.5, 0.6) is 5.75 Å². The summed E-state index contributed by atoms with van der Waals surface area (Å²) in [6.07, 6.45) is 0. The standard InChI is InChI=1S/C27H31N3O2/c1-21(23-10-4-3-5-11-23)28-27(31)24-12-8-9-22(19-24)20-29-15-17-30(18-16-29)25-13-6-7-14-26(25)32-2/h3-14,19,21H,15-18,20H2,1-2H3,(H,28,31). The number of ether oxygens (including phenoxy) is 1. The van der Waals surface area contributed by atoms with Crippen LogP contribution in [-0.2, 0) is 6.54 Å². The molecule has 1 aliphatic heterocycles. The van der Waals surface area contributed by atoms with Crippen LogP contribution in [0.3, 0.4) is 0 Å². The number of hydrogen-bond acceptors (Lipinski definition) is 4. The maximum atomic E-state index is 12.8. The lowest BCUT2D eigenvalue weighted by Crippen LogP contribution is -2.46. The molecular formula is C27H31N3O2. The van der Waals surface area contributed by atoms with E-state index in [4.69, 9.17) is 4.74 Å². The summed E-state index contributed by atoms with van der Waals surface area (Å²) in [4.78, 5) is 17.6. The molecule has 1 N–H and O–H groups in total. The fraction of sp³-hybridized carbons (Fsp3) is 0.296. The average Bonchev–Trinajstić information content (AvgIpc) is 2.85. The molecule has 5 heteroatoms. The number of benzene rings is 3. The first-order valence-corrected chi connectivity index (χ1v) is 11.2. The highest BCUT2D eigenvalue weighted by atomic mass is 16.5. The van der Waals surface area contributed by atoms with Crippen molar-refractivity contribution in [2.24, 2.45) is 0 Å². The van der Waals surface area contributed by atoms with E-state index in [1.54, 1.807) is 7.11 Å². The molecule has 1 amide bonds. The number of nitrogens with zero attached hydrogens (tertiary/aromatic N) is 2. The van der Waals surface area contributed by atoms with Gasteiger partial charge in [-0.05, 0) is 42.3 Å². The molecule has 0 bridgehead atoms. The molecule has 0 radical (unpaired) electrons. The number of para-hydroxylation sites is 2. The molecule has 0 spiro atoms. The molecule has 166 valence electrons. The van der Waals surface area contributed by atoms with Gasteiger partial charge in [0.05, 0.1) is 18.8 Å². The van der Waals surface area contributed by atoms with Crippen molar-refractivity contribution in [3.05, 3.63) is 95.6 Å². The van der Waals surface area contributed by atoms with Gasteiger partial charge in [-0.2, -0.15) is 0 Å². The predicted octanol–water partition coefficient (Wildman–Crippen LogP) is 4.51. The molecule has 32 heavy (non-hydrogen) atoms. The number of rotatable bonds is 7. The van der Waals surface area contributed by atoms with Crippen molar-refractivity contribution >= 4 is 11.6 Å². The maximum Gasteiger partial charge on any atom is 0.251 e. The molecule has 1 saturated heterocycles. The molecule has 1 fully saturated rings. The van der Waals surface area contributed by atoms with Crippen LogP contribution >= 0.6 is 0 Å². The fourth-order valence-electron chi connectivity index (χ4n) is 4.21. The van der Waals surface area contributed by atoms with Crippen LogP contribution < -0.4 is 15.0 Å². The van der Waals surface area contributed by atoms with Gasteiger partial charge in [0.15, 0.2) is 0 Å². The van der Waals surface area contributed by atoms with E-state index in [0.717, 1.165) is 55.3 Å². The molecule has 1 unspecified atom stereocenters. The number of piperazine rings is 1. The predicted molar refractivity (Wildman–Crippen MR) is 129 cm³/mol. The SMILES string of the molecule is COc1ccccc1N1CCN(Cc2cccc(C(=O)NC(C)c3ccccc3)c2)CC1. The Kier molecular flexibility index (Phi) is 7.07. The van der Waals surface area contributed by atoms with Crippen LogP contribution in [0.15, 0.2) is 78.9 Å². The smallest absolute Gasteiger partial charge is 0.251 e. The second-order valence-electron chi connectivity index (χ2n) is 8.24. The third-order valence-electron chi connectivity index (χ3n) is 6.04. The highest BCUT2D eigenvalue weighted by Gasteiger charge is 2.20. The van der Waals surface area contributed by atoms with Gasteiger partial charge in [-0.3, -0.25) is 9.69 Å². The Morgan fingerprint density at radius 2 is 1.66 bits per heavy atom. The van der Waals surface area contributed by atoms with Crippen LogP contribution in [0.2, 0.25) is 0 Å². The number of carbonyl (C=O) groups excluding carboxylic acids is 1. The number of carbonyl (C=O) groups is 1. The molecule has 0 saturated carbocycles. The van der Waals surface area contributed by atoms with E-state index in [0.29, 0.717) is 5.56 Å². The summed E-state index contributed by atoms with van der Waals surface area (Å²) in [6, 6.07) is 26.2. The normalized spacial score (nSPS) is 15.2. The molecule has 5 nitrogen and oxygen atoms in total. The number of anilines is 1. The van der Waals surface area contributed by atoms with Gasteiger partial charge in [-0.1, -0.05) is 54.6 Å². The van der Waals surface area contributed by atoms with Crippen molar-refractivity contribution < 1.29 is 9.53 Å². The molecule has 1 aliphatic rings. The zero-order chi connectivity index (χ0) is 22.3. The molecule has 0 aromatic heterocycles. The van der Waals surface area contributed by atoms with Crippen molar-refractivity contribution in [2.75, 3.05) is 38.2 Å². The summed E-state index contributed by atoms with van der Waals surface area (Å²) < 4.78 is 5.52. The Morgan fingerprint density at radius 3 is 2.41 bits per heavy atom. The molecule has 3 aromatic rings. The summed E-state index contributed by atoms with van der Waals surface area (Å²) in [5.41, 5.74) is 4.12. The first kappa shape index (κ1) is 21.9. The quantitative estimate of drug-likeness (QED) is 0.600. The minimum atomic E-state index is -0.0378. The lowest BCUT2D eigenvalue weighted by molar-refractivity contribution is 0.0939. The van der Waals surface area contributed by atoms with E-state index >= 15 is 0 Å². The van der Waals surface area contributed by atoms with Crippen LogP contribution in [0.1, 0.15) is 34.5 Å². The van der Waals surface area contributed by atoms with Crippen LogP contribution in [0.4, 0.5) is 5.69 Å². The molecule has 1 heterocycles. The van der Waals surface area contributed by atoms with E-state index in [1.807, 2.05) is 67.6 Å². The number of methoxy groups -OCH3 is 1. The van der Waals surface area contributed by atoms with E-state index in [9.17, 15) is 4.79 Å². The largest absolute Gasteiger partial charge is 0.495 e.